The van der Waals surface area contributed by atoms with Crippen LogP contribution in [-0.4, -0.2) is 44.2 Å². The molecule has 0 aliphatic heterocycles. The average Bonchev–Trinajstić information content (AvgIpc) is 2.81. The smallest absolute Gasteiger partial charge is 0.124 e. The number of allylic oxidation sites excluding steroid dienone is 4. The molecule has 1 saturated carbocycles. The van der Waals surface area contributed by atoms with Gasteiger partial charge in [0.05, 0.1) is 24.9 Å². The minimum atomic E-state index is -0.219. The van der Waals surface area contributed by atoms with Crippen LogP contribution in [0.2, 0.25) is 0 Å². The van der Waals surface area contributed by atoms with Gasteiger partial charge in [-0.2, -0.15) is 0 Å². The molecule has 0 aromatic rings. The summed E-state index contributed by atoms with van der Waals surface area (Å²) in [6, 6.07) is 0. The van der Waals surface area contributed by atoms with Crippen LogP contribution in [-0.2, 0) is 18.9 Å². The zero-order chi connectivity index (χ0) is 28.1. The summed E-state index contributed by atoms with van der Waals surface area (Å²) in [5, 5.41) is 0. The second kappa shape index (κ2) is 16.6. The molecule has 0 aromatic carbocycles. The van der Waals surface area contributed by atoms with Gasteiger partial charge in [0.1, 0.15) is 11.9 Å². The first-order valence-corrected chi connectivity index (χ1v) is 14.5. The highest BCUT2D eigenvalue weighted by Crippen LogP contribution is 2.37. The van der Waals surface area contributed by atoms with Gasteiger partial charge >= 0.3 is 0 Å². The molecule has 4 nitrogen and oxygen atoms in total. The molecule has 0 radical (unpaired) electrons. The molecule has 1 aliphatic rings. The van der Waals surface area contributed by atoms with E-state index in [-0.39, 0.29) is 23.2 Å². The Morgan fingerprint density at radius 3 is 2.14 bits per heavy atom. The van der Waals surface area contributed by atoms with Gasteiger partial charge in [0.15, 0.2) is 0 Å². The average molecular weight is 519 g/mol. The largest absolute Gasteiger partial charge is 0.492 e. The summed E-state index contributed by atoms with van der Waals surface area (Å²) in [5.74, 6) is 1.41. The van der Waals surface area contributed by atoms with Crippen LogP contribution in [0.15, 0.2) is 47.3 Å². The van der Waals surface area contributed by atoms with Crippen molar-refractivity contribution in [3.05, 3.63) is 47.3 Å². The SMILES string of the molecule is C=CC=C(C)C(C)=CC(COCC)=C(CCOCC)OC1CCCCC1OC(C)(C)C(C)CC(C)(C)C. The van der Waals surface area contributed by atoms with E-state index >= 15 is 0 Å². The second-order valence-corrected chi connectivity index (χ2v) is 12.3. The van der Waals surface area contributed by atoms with E-state index in [9.17, 15) is 0 Å². The van der Waals surface area contributed by atoms with Crippen LogP contribution in [0, 0.1) is 11.3 Å². The van der Waals surface area contributed by atoms with E-state index in [0.29, 0.717) is 32.3 Å². The Balaban J connectivity index is 3.31. The maximum absolute atomic E-state index is 6.89. The van der Waals surface area contributed by atoms with Crippen molar-refractivity contribution in [3.8, 4) is 0 Å². The highest BCUT2D eigenvalue weighted by molar-refractivity contribution is 5.37. The molecule has 3 unspecified atom stereocenters. The lowest BCUT2D eigenvalue weighted by Crippen LogP contribution is -2.44. The Hall–Kier alpha value is -1.36. The second-order valence-electron chi connectivity index (χ2n) is 12.3. The van der Waals surface area contributed by atoms with Crippen molar-refractivity contribution in [2.75, 3.05) is 26.4 Å². The molecule has 1 fully saturated rings. The van der Waals surface area contributed by atoms with Crippen molar-refractivity contribution in [1.29, 1.82) is 0 Å². The molecule has 0 bridgehead atoms. The van der Waals surface area contributed by atoms with Crippen LogP contribution in [0.5, 0.6) is 0 Å². The third-order valence-electron chi connectivity index (χ3n) is 7.37. The first kappa shape index (κ1) is 33.7. The zero-order valence-electron chi connectivity index (χ0n) is 25.9. The first-order chi connectivity index (χ1) is 17.3. The lowest BCUT2D eigenvalue weighted by atomic mass is 9.78. The molecule has 214 valence electrons. The molecule has 4 heteroatoms. The zero-order valence-corrected chi connectivity index (χ0v) is 25.9. The third-order valence-corrected chi connectivity index (χ3v) is 7.37. The summed E-state index contributed by atoms with van der Waals surface area (Å²) in [6.45, 7) is 28.4. The van der Waals surface area contributed by atoms with Crippen LogP contribution in [0.25, 0.3) is 0 Å². The van der Waals surface area contributed by atoms with Gasteiger partial charge < -0.3 is 18.9 Å². The van der Waals surface area contributed by atoms with Gasteiger partial charge in [-0.25, -0.2) is 0 Å². The molecule has 37 heavy (non-hydrogen) atoms. The Morgan fingerprint density at radius 2 is 1.57 bits per heavy atom. The Bertz CT molecular complexity index is 766. The molecule has 0 aromatic heterocycles. The predicted octanol–water partition coefficient (Wildman–Crippen LogP) is 8.98. The van der Waals surface area contributed by atoms with E-state index in [2.05, 4.69) is 68.0 Å². The Kier molecular flexibility index (Phi) is 15.1. The van der Waals surface area contributed by atoms with Gasteiger partial charge in [-0.15, -0.1) is 0 Å². The van der Waals surface area contributed by atoms with Crippen molar-refractivity contribution in [3.63, 3.8) is 0 Å². The molecule has 1 rings (SSSR count). The summed E-state index contributed by atoms with van der Waals surface area (Å²) >= 11 is 0. The topological polar surface area (TPSA) is 36.9 Å². The summed E-state index contributed by atoms with van der Waals surface area (Å²) in [6.07, 6.45) is 12.4. The van der Waals surface area contributed by atoms with Crippen LogP contribution >= 0.6 is 0 Å². The summed E-state index contributed by atoms with van der Waals surface area (Å²) < 4.78 is 25.4. The van der Waals surface area contributed by atoms with Crippen molar-refractivity contribution >= 4 is 0 Å². The molecule has 0 heterocycles. The van der Waals surface area contributed by atoms with E-state index in [0.717, 1.165) is 43.4 Å². The van der Waals surface area contributed by atoms with Gasteiger partial charge in [-0.05, 0) is 89.7 Å². The predicted molar refractivity (Wildman–Crippen MR) is 158 cm³/mol. The lowest BCUT2D eigenvalue weighted by Gasteiger charge is -2.42. The van der Waals surface area contributed by atoms with Gasteiger partial charge in [0, 0.05) is 25.2 Å². The number of ether oxygens (including phenoxy) is 4. The maximum atomic E-state index is 6.89. The minimum Gasteiger partial charge on any atom is -0.492 e. The Labute approximate surface area is 229 Å². The lowest BCUT2D eigenvalue weighted by molar-refractivity contribution is -0.161. The van der Waals surface area contributed by atoms with Crippen molar-refractivity contribution in [1.82, 2.24) is 0 Å². The molecular formula is C33H58O4. The third kappa shape index (κ3) is 12.8. The fourth-order valence-corrected chi connectivity index (χ4v) is 4.89. The van der Waals surface area contributed by atoms with Crippen LogP contribution in [0.4, 0.5) is 0 Å². The summed E-state index contributed by atoms with van der Waals surface area (Å²) in [5.41, 5.74) is 3.50. The van der Waals surface area contributed by atoms with Gasteiger partial charge in [-0.3, -0.25) is 0 Å². The normalized spacial score (nSPS) is 21.5. The molecule has 0 saturated heterocycles. The first-order valence-electron chi connectivity index (χ1n) is 14.5. The molecule has 0 amide bonds. The number of hydrogen-bond donors (Lipinski definition) is 0. The van der Waals surface area contributed by atoms with Crippen LogP contribution in [0.1, 0.15) is 108 Å². The monoisotopic (exact) mass is 518 g/mol. The summed E-state index contributed by atoms with van der Waals surface area (Å²) in [4.78, 5) is 0. The molecule has 3 atom stereocenters. The van der Waals surface area contributed by atoms with Crippen LogP contribution in [0.3, 0.4) is 0 Å². The van der Waals surface area contributed by atoms with E-state index in [4.69, 9.17) is 18.9 Å². The van der Waals surface area contributed by atoms with E-state index in [1.807, 2.05) is 26.0 Å². The molecule has 0 N–H and O–H groups in total. The summed E-state index contributed by atoms with van der Waals surface area (Å²) in [7, 11) is 0. The maximum Gasteiger partial charge on any atom is 0.124 e. The van der Waals surface area contributed by atoms with Gasteiger partial charge in [0.2, 0.25) is 0 Å². The van der Waals surface area contributed by atoms with Crippen molar-refractivity contribution in [2.24, 2.45) is 11.3 Å². The highest BCUT2D eigenvalue weighted by Gasteiger charge is 2.37. The molecular weight excluding hydrogens is 460 g/mol. The van der Waals surface area contributed by atoms with Crippen molar-refractivity contribution < 1.29 is 18.9 Å². The van der Waals surface area contributed by atoms with E-state index in [1.165, 1.54) is 17.6 Å². The fraction of sp³-hybridized carbons (Fsp3) is 0.758. The quantitative estimate of drug-likeness (QED) is 0.116. The fourth-order valence-electron chi connectivity index (χ4n) is 4.89. The standard InChI is InChI=1S/C33H58O4/c1-12-17-25(4)26(5)22-28(24-35-14-3)29(20-21-34-13-2)36-30-18-15-16-19-31(30)37-33(10,11)27(6)23-32(7,8)9/h12,17,22,27,30-31H,1,13-16,18-21,23-24H2,2-11H3. The highest BCUT2D eigenvalue weighted by atomic mass is 16.6. The van der Waals surface area contributed by atoms with E-state index < -0.39 is 0 Å². The van der Waals surface area contributed by atoms with Crippen molar-refractivity contribution in [2.45, 2.75) is 126 Å². The number of hydrogen-bond acceptors (Lipinski definition) is 4. The minimum absolute atomic E-state index is 0.0293. The van der Waals surface area contributed by atoms with Gasteiger partial charge in [0.25, 0.3) is 0 Å². The van der Waals surface area contributed by atoms with E-state index in [1.54, 1.807) is 0 Å². The molecule has 0 spiro atoms. The molecule has 1 aliphatic carbocycles. The van der Waals surface area contributed by atoms with Crippen LogP contribution < -0.4 is 0 Å². The number of rotatable bonds is 16. The van der Waals surface area contributed by atoms with Gasteiger partial charge in [-0.1, -0.05) is 58.9 Å². The Morgan fingerprint density at radius 1 is 0.946 bits per heavy atom.